The van der Waals surface area contributed by atoms with E-state index in [1.54, 1.807) is 6.92 Å². The minimum atomic E-state index is -0.362. The summed E-state index contributed by atoms with van der Waals surface area (Å²) in [6, 6.07) is 0. The summed E-state index contributed by atoms with van der Waals surface area (Å²) < 4.78 is 10.2. The van der Waals surface area contributed by atoms with E-state index in [1.807, 2.05) is 0 Å². The normalized spacial score (nSPS) is 15.8. The first-order valence-corrected chi connectivity index (χ1v) is 7.10. The van der Waals surface area contributed by atoms with Gasteiger partial charge in [0.05, 0.1) is 19.1 Å². The zero-order valence-electron chi connectivity index (χ0n) is 11.8. The Labute approximate surface area is 115 Å². The van der Waals surface area contributed by atoms with Gasteiger partial charge in [0.1, 0.15) is 0 Å². The molecule has 1 fully saturated rings. The molecule has 0 spiro atoms. The van der Waals surface area contributed by atoms with Crippen molar-refractivity contribution in [3.8, 4) is 0 Å². The summed E-state index contributed by atoms with van der Waals surface area (Å²) in [5.74, 6) is -0.312. The van der Waals surface area contributed by atoms with Crippen LogP contribution in [-0.2, 0) is 19.1 Å². The lowest BCUT2D eigenvalue weighted by molar-refractivity contribution is -0.150. The lowest BCUT2D eigenvalue weighted by Gasteiger charge is -2.19. The maximum atomic E-state index is 11.7. The van der Waals surface area contributed by atoms with E-state index < -0.39 is 0 Å². The molecule has 0 N–H and O–H groups in total. The van der Waals surface area contributed by atoms with Crippen molar-refractivity contribution in [2.45, 2.75) is 51.9 Å². The molecular formula is C15H24O4. The summed E-state index contributed by atoms with van der Waals surface area (Å²) in [7, 11) is 0. The Morgan fingerprint density at radius 3 is 2.21 bits per heavy atom. The second-order valence-corrected chi connectivity index (χ2v) is 5.13. The zero-order valence-corrected chi connectivity index (χ0v) is 11.8. The number of ether oxygens (including phenoxy) is 2. The van der Waals surface area contributed by atoms with Crippen LogP contribution >= 0.6 is 0 Å². The fraction of sp³-hybridized carbons (Fsp3) is 0.733. The van der Waals surface area contributed by atoms with Gasteiger partial charge in [0.2, 0.25) is 0 Å². The Hall–Kier alpha value is -1.32. The van der Waals surface area contributed by atoms with Gasteiger partial charge in [0, 0.05) is 5.57 Å². The molecule has 0 aliphatic heterocycles. The first-order valence-electron chi connectivity index (χ1n) is 7.10. The lowest BCUT2D eigenvalue weighted by atomic mass is 9.89. The number of carbonyl (C=O) groups excluding carboxylic acids is 2. The van der Waals surface area contributed by atoms with E-state index in [0.717, 1.165) is 32.1 Å². The highest BCUT2D eigenvalue weighted by Gasteiger charge is 2.22. The third-order valence-electron chi connectivity index (χ3n) is 3.30. The van der Waals surface area contributed by atoms with Gasteiger partial charge in [-0.3, -0.25) is 4.79 Å². The Kier molecular flexibility index (Phi) is 7.23. The van der Waals surface area contributed by atoms with Crippen molar-refractivity contribution < 1.29 is 19.1 Å². The van der Waals surface area contributed by atoms with Crippen LogP contribution in [0.2, 0.25) is 0 Å². The van der Waals surface area contributed by atoms with Crippen LogP contribution in [0.15, 0.2) is 12.2 Å². The number of esters is 2. The fourth-order valence-corrected chi connectivity index (χ4v) is 2.12. The van der Waals surface area contributed by atoms with Crippen LogP contribution in [0.3, 0.4) is 0 Å². The third kappa shape index (κ3) is 6.41. The zero-order chi connectivity index (χ0) is 14.1. The van der Waals surface area contributed by atoms with E-state index in [-0.39, 0.29) is 17.9 Å². The summed E-state index contributed by atoms with van der Waals surface area (Å²) in [5.41, 5.74) is 0.406. The molecule has 0 radical (unpaired) electrons. The highest BCUT2D eigenvalue weighted by molar-refractivity contribution is 5.86. The van der Waals surface area contributed by atoms with Crippen molar-refractivity contribution in [3.63, 3.8) is 0 Å². The standard InChI is InChI=1S/C15H24O4/c1-12(2)14(16)18-10-6-7-11-19-15(17)13-8-4-3-5-9-13/h13H,1,3-11H2,2H3. The predicted octanol–water partition coefficient (Wildman–Crippen LogP) is 3.01. The number of rotatable bonds is 7. The van der Waals surface area contributed by atoms with E-state index in [0.29, 0.717) is 25.2 Å². The summed E-state index contributed by atoms with van der Waals surface area (Å²) in [6.07, 6.45) is 6.87. The number of unbranched alkanes of at least 4 members (excludes halogenated alkanes) is 1. The maximum absolute atomic E-state index is 11.7. The average Bonchev–Trinajstić information content (AvgIpc) is 2.42. The van der Waals surface area contributed by atoms with Gasteiger partial charge in [-0.25, -0.2) is 4.79 Å². The van der Waals surface area contributed by atoms with E-state index in [4.69, 9.17) is 9.47 Å². The summed E-state index contributed by atoms with van der Waals surface area (Å²) >= 11 is 0. The second kappa shape index (κ2) is 8.73. The topological polar surface area (TPSA) is 52.6 Å². The lowest BCUT2D eigenvalue weighted by Crippen LogP contribution is -2.20. The molecule has 1 aliphatic rings. The van der Waals surface area contributed by atoms with E-state index >= 15 is 0 Å². The van der Waals surface area contributed by atoms with Crippen LogP contribution in [-0.4, -0.2) is 25.2 Å². The van der Waals surface area contributed by atoms with E-state index in [1.165, 1.54) is 6.42 Å². The molecular weight excluding hydrogens is 244 g/mol. The van der Waals surface area contributed by atoms with Crippen molar-refractivity contribution in [2.24, 2.45) is 5.92 Å². The van der Waals surface area contributed by atoms with Crippen LogP contribution in [0.25, 0.3) is 0 Å². The number of hydrogen-bond donors (Lipinski definition) is 0. The molecule has 4 nitrogen and oxygen atoms in total. The van der Waals surface area contributed by atoms with Gasteiger partial charge in [-0.1, -0.05) is 25.8 Å². The van der Waals surface area contributed by atoms with Crippen molar-refractivity contribution >= 4 is 11.9 Å². The van der Waals surface area contributed by atoms with Crippen LogP contribution in [0.5, 0.6) is 0 Å². The summed E-state index contributed by atoms with van der Waals surface area (Å²) in [5, 5.41) is 0. The Bertz CT molecular complexity index is 316. The monoisotopic (exact) mass is 268 g/mol. The molecule has 108 valence electrons. The molecule has 0 aromatic heterocycles. The molecule has 0 bridgehead atoms. The second-order valence-electron chi connectivity index (χ2n) is 5.13. The van der Waals surface area contributed by atoms with Gasteiger partial charge < -0.3 is 9.47 Å². The largest absolute Gasteiger partial charge is 0.465 e. The van der Waals surface area contributed by atoms with Crippen LogP contribution in [0.4, 0.5) is 0 Å². The Balaban J connectivity index is 1.99. The van der Waals surface area contributed by atoms with E-state index in [9.17, 15) is 9.59 Å². The molecule has 1 saturated carbocycles. The quantitative estimate of drug-likeness (QED) is 0.404. The molecule has 0 aromatic rings. The van der Waals surface area contributed by atoms with E-state index in [2.05, 4.69) is 6.58 Å². The molecule has 0 saturated heterocycles. The highest BCUT2D eigenvalue weighted by Crippen LogP contribution is 2.24. The molecule has 0 amide bonds. The van der Waals surface area contributed by atoms with Gasteiger partial charge in [0.25, 0.3) is 0 Å². The van der Waals surface area contributed by atoms with Gasteiger partial charge in [-0.05, 0) is 32.6 Å². The highest BCUT2D eigenvalue weighted by atomic mass is 16.5. The molecule has 1 rings (SSSR count). The van der Waals surface area contributed by atoms with Crippen molar-refractivity contribution in [1.82, 2.24) is 0 Å². The third-order valence-corrected chi connectivity index (χ3v) is 3.30. The maximum Gasteiger partial charge on any atom is 0.333 e. The summed E-state index contributed by atoms with van der Waals surface area (Å²) in [6.45, 7) is 5.89. The number of hydrogen-bond acceptors (Lipinski definition) is 4. The molecule has 0 unspecified atom stereocenters. The number of carbonyl (C=O) groups is 2. The van der Waals surface area contributed by atoms with Gasteiger partial charge >= 0.3 is 11.9 Å². The van der Waals surface area contributed by atoms with Crippen molar-refractivity contribution in [1.29, 1.82) is 0 Å². The van der Waals surface area contributed by atoms with Crippen LogP contribution in [0, 0.1) is 5.92 Å². The molecule has 4 heteroatoms. The van der Waals surface area contributed by atoms with Gasteiger partial charge in [-0.2, -0.15) is 0 Å². The minimum Gasteiger partial charge on any atom is -0.465 e. The Morgan fingerprint density at radius 1 is 1.05 bits per heavy atom. The molecule has 19 heavy (non-hydrogen) atoms. The smallest absolute Gasteiger partial charge is 0.333 e. The minimum absolute atomic E-state index is 0.0568. The van der Waals surface area contributed by atoms with Gasteiger partial charge in [-0.15, -0.1) is 0 Å². The predicted molar refractivity (Wildman–Crippen MR) is 72.5 cm³/mol. The first-order chi connectivity index (χ1) is 9.11. The van der Waals surface area contributed by atoms with Crippen molar-refractivity contribution in [2.75, 3.05) is 13.2 Å². The van der Waals surface area contributed by atoms with Crippen molar-refractivity contribution in [3.05, 3.63) is 12.2 Å². The Morgan fingerprint density at radius 2 is 1.63 bits per heavy atom. The molecule has 0 aromatic carbocycles. The fourth-order valence-electron chi connectivity index (χ4n) is 2.12. The molecule has 0 heterocycles. The van der Waals surface area contributed by atoms with Crippen LogP contribution < -0.4 is 0 Å². The average molecular weight is 268 g/mol. The molecule has 1 aliphatic carbocycles. The van der Waals surface area contributed by atoms with Crippen LogP contribution in [0.1, 0.15) is 51.9 Å². The summed E-state index contributed by atoms with van der Waals surface area (Å²) in [4.78, 5) is 22.8. The molecule has 0 atom stereocenters. The first kappa shape index (κ1) is 15.7. The SMILES string of the molecule is C=C(C)C(=O)OCCCCOC(=O)C1CCCCC1. The van der Waals surface area contributed by atoms with Gasteiger partial charge in [0.15, 0.2) is 0 Å².